The molecule has 0 saturated heterocycles. The largest absolute Gasteiger partial charge is 0.444 e. The molecule has 1 amide bonds. The van der Waals surface area contributed by atoms with Crippen molar-refractivity contribution in [3.8, 4) is 0 Å². The van der Waals surface area contributed by atoms with E-state index >= 15 is 0 Å². The Kier molecular flexibility index (Phi) is 8.15. The summed E-state index contributed by atoms with van der Waals surface area (Å²) in [4.78, 5) is 11.6. The van der Waals surface area contributed by atoms with Crippen molar-refractivity contribution < 1.29 is 9.53 Å². The van der Waals surface area contributed by atoms with Crippen molar-refractivity contribution in [1.82, 2.24) is 5.32 Å². The zero-order chi connectivity index (χ0) is 17.3. The van der Waals surface area contributed by atoms with Gasteiger partial charge in [0.25, 0.3) is 0 Å². The Morgan fingerprint density at radius 1 is 1.13 bits per heavy atom. The van der Waals surface area contributed by atoms with E-state index in [2.05, 4.69) is 43.4 Å². The standard InChI is InChI=1S/C20H33NO2/c1-16(2)9-6-10-17-11-7-12-18(15-17)13-8-14-21-19(22)23-20(3,4)5/h7,11-12,15-16H,6,8-10,13-14H2,1-5H3,(H,21,22). The predicted octanol–water partition coefficient (Wildman–Crippen LogP) is 5.12. The van der Waals surface area contributed by atoms with Gasteiger partial charge in [-0.1, -0.05) is 44.5 Å². The van der Waals surface area contributed by atoms with Gasteiger partial charge in [0.1, 0.15) is 5.60 Å². The van der Waals surface area contributed by atoms with Crippen molar-refractivity contribution in [2.45, 2.75) is 72.3 Å². The minimum Gasteiger partial charge on any atom is -0.444 e. The van der Waals surface area contributed by atoms with Crippen LogP contribution in [0.5, 0.6) is 0 Å². The van der Waals surface area contributed by atoms with Gasteiger partial charge >= 0.3 is 6.09 Å². The molecule has 0 fully saturated rings. The van der Waals surface area contributed by atoms with Crippen molar-refractivity contribution in [3.05, 3.63) is 35.4 Å². The van der Waals surface area contributed by atoms with Crippen LogP contribution in [0.1, 0.15) is 65.0 Å². The van der Waals surface area contributed by atoms with Crippen LogP contribution in [-0.2, 0) is 17.6 Å². The fourth-order valence-electron chi connectivity index (χ4n) is 2.45. The number of ether oxygens (including phenoxy) is 1. The first-order valence-electron chi connectivity index (χ1n) is 8.81. The molecule has 0 saturated carbocycles. The highest BCUT2D eigenvalue weighted by molar-refractivity contribution is 5.67. The summed E-state index contributed by atoms with van der Waals surface area (Å²) in [6.45, 7) is 10.8. The molecule has 1 aromatic rings. The lowest BCUT2D eigenvalue weighted by Gasteiger charge is -2.19. The zero-order valence-corrected chi connectivity index (χ0v) is 15.4. The molecule has 3 heteroatoms. The molecule has 0 aromatic heterocycles. The molecular weight excluding hydrogens is 286 g/mol. The summed E-state index contributed by atoms with van der Waals surface area (Å²) in [6.07, 6.45) is 5.26. The second kappa shape index (κ2) is 9.59. The summed E-state index contributed by atoms with van der Waals surface area (Å²) in [7, 11) is 0. The molecule has 0 spiro atoms. The van der Waals surface area contributed by atoms with E-state index in [1.165, 1.54) is 24.0 Å². The summed E-state index contributed by atoms with van der Waals surface area (Å²) in [5.41, 5.74) is 2.33. The van der Waals surface area contributed by atoms with Gasteiger partial charge in [-0.3, -0.25) is 0 Å². The Morgan fingerprint density at radius 2 is 1.74 bits per heavy atom. The second-order valence-corrected chi connectivity index (χ2v) is 7.64. The Morgan fingerprint density at radius 3 is 2.30 bits per heavy atom. The number of carbonyl (C=O) groups excluding carboxylic acids is 1. The van der Waals surface area contributed by atoms with Crippen LogP contribution in [0.3, 0.4) is 0 Å². The molecule has 23 heavy (non-hydrogen) atoms. The molecule has 0 bridgehead atoms. The third kappa shape index (κ3) is 9.98. The SMILES string of the molecule is CC(C)CCCc1cccc(CCCNC(=O)OC(C)(C)C)c1. The second-order valence-electron chi connectivity index (χ2n) is 7.64. The first-order chi connectivity index (χ1) is 10.8. The van der Waals surface area contributed by atoms with E-state index in [-0.39, 0.29) is 6.09 Å². The zero-order valence-electron chi connectivity index (χ0n) is 15.4. The van der Waals surface area contributed by atoms with Gasteiger partial charge in [-0.2, -0.15) is 0 Å². The molecule has 1 rings (SSSR count). The monoisotopic (exact) mass is 319 g/mol. The third-order valence-corrected chi connectivity index (χ3v) is 3.55. The molecule has 3 nitrogen and oxygen atoms in total. The van der Waals surface area contributed by atoms with E-state index in [1.807, 2.05) is 20.8 Å². The van der Waals surface area contributed by atoms with Gasteiger partial charge in [0.15, 0.2) is 0 Å². The van der Waals surface area contributed by atoms with E-state index in [0.717, 1.165) is 25.2 Å². The maximum atomic E-state index is 11.6. The smallest absolute Gasteiger partial charge is 0.407 e. The Labute approximate surface area is 141 Å². The Bertz CT molecular complexity index is 475. The minimum absolute atomic E-state index is 0.333. The predicted molar refractivity (Wildman–Crippen MR) is 96.8 cm³/mol. The Balaban J connectivity index is 2.28. The third-order valence-electron chi connectivity index (χ3n) is 3.55. The number of carbonyl (C=O) groups is 1. The average Bonchev–Trinajstić information content (AvgIpc) is 2.42. The lowest BCUT2D eigenvalue weighted by atomic mass is 10.00. The summed E-state index contributed by atoms with van der Waals surface area (Å²) < 4.78 is 5.22. The van der Waals surface area contributed by atoms with Crippen LogP contribution < -0.4 is 5.32 Å². The number of benzene rings is 1. The van der Waals surface area contributed by atoms with E-state index in [0.29, 0.717) is 6.54 Å². The topological polar surface area (TPSA) is 38.3 Å². The van der Waals surface area contributed by atoms with Crippen LogP contribution in [0.2, 0.25) is 0 Å². The molecule has 1 N–H and O–H groups in total. The van der Waals surface area contributed by atoms with E-state index in [9.17, 15) is 4.79 Å². The van der Waals surface area contributed by atoms with Gasteiger partial charge < -0.3 is 10.1 Å². The van der Waals surface area contributed by atoms with Crippen molar-refractivity contribution in [1.29, 1.82) is 0 Å². The van der Waals surface area contributed by atoms with Crippen LogP contribution in [-0.4, -0.2) is 18.2 Å². The number of amides is 1. The summed E-state index contributed by atoms with van der Waals surface area (Å²) in [5, 5.41) is 2.81. The molecule has 0 aliphatic carbocycles. The van der Waals surface area contributed by atoms with Crippen LogP contribution in [0.25, 0.3) is 0 Å². The molecule has 1 aromatic carbocycles. The van der Waals surface area contributed by atoms with Crippen LogP contribution in [0.15, 0.2) is 24.3 Å². The molecule has 130 valence electrons. The lowest BCUT2D eigenvalue weighted by Crippen LogP contribution is -2.33. The number of aryl methyl sites for hydroxylation is 2. The van der Waals surface area contributed by atoms with Gasteiger partial charge in [0.2, 0.25) is 0 Å². The molecule has 0 aliphatic rings. The van der Waals surface area contributed by atoms with E-state index in [1.54, 1.807) is 0 Å². The van der Waals surface area contributed by atoms with Crippen LogP contribution >= 0.6 is 0 Å². The number of hydrogen-bond donors (Lipinski definition) is 1. The summed E-state index contributed by atoms with van der Waals surface area (Å²) in [6, 6.07) is 8.82. The molecule has 0 heterocycles. The van der Waals surface area contributed by atoms with E-state index in [4.69, 9.17) is 4.74 Å². The van der Waals surface area contributed by atoms with Crippen LogP contribution in [0.4, 0.5) is 4.79 Å². The molecular formula is C20H33NO2. The van der Waals surface area contributed by atoms with Gasteiger partial charge in [0, 0.05) is 6.54 Å². The lowest BCUT2D eigenvalue weighted by molar-refractivity contribution is 0.0527. The normalized spacial score (nSPS) is 11.6. The minimum atomic E-state index is -0.436. The quantitative estimate of drug-likeness (QED) is 0.675. The number of nitrogens with one attached hydrogen (secondary N) is 1. The molecule has 0 unspecified atom stereocenters. The summed E-state index contributed by atoms with van der Waals surface area (Å²) in [5.74, 6) is 0.775. The van der Waals surface area contributed by atoms with Crippen molar-refractivity contribution in [3.63, 3.8) is 0 Å². The molecule has 0 radical (unpaired) electrons. The highest BCUT2D eigenvalue weighted by Crippen LogP contribution is 2.13. The van der Waals surface area contributed by atoms with Gasteiger partial charge in [-0.05, 0) is 63.5 Å². The maximum absolute atomic E-state index is 11.6. The van der Waals surface area contributed by atoms with Crippen LogP contribution in [0, 0.1) is 5.92 Å². The number of alkyl carbamates (subject to hydrolysis) is 1. The fourth-order valence-corrected chi connectivity index (χ4v) is 2.45. The van der Waals surface area contributed by atoms with E-state index < -0.39 is 5.60 Å². The maximum Gasteiger partial charge on any atom is 0.407 e. The first kappa shape index (κ1) is 19.5. The summed E-state index contributed by atoms with van der Waals surface area (Å²) >= 11 is 0. The molecule has 0 aliphatic heterocycles. The molecule has 0 atom stereocenters. The van der Waals surface area contributed by atoms with Crippen molar-refractivity contribution in [2.24, 2.45) is 5.92 Å². The number of hydrogen-bond acceptors (Lipinski definition) is 2. The van der Waals surface area contributed by atoms with Gasteiger partial charge in [-0.25, -0.2) is 4.79 Å². The van der Waals surface area contributed by atoms with Crippen molar-refractivity contribution in [2.75, 3.05) is 6.54 Å². The van der Waals surface area contributed by atoms with Gasteiger partial charge in [-0.15, -0.1) is 0 Å². The first-order valence-corrected chi connectivity index (χ1v) is 8.81. The van der Waals surface area contributed by atoms with Crippen molar-refractivity contribution >= 4 is 6.09 Å². The number of rotatable bonds is 8. The average molecular weight is 319 g/mol. The van der Waals surface area contributed by atoms with Gasteiger partial charge in [0.05, 0.1) is 0 Å². The fraction of sp³-hybridized carbons (Fsp3) is 0.650. The highest BCUT2D eigenvalue weighted by atomic mass is 16.6. The highest BCUT2D eigenvalue weighted by Gasteiger charge is 2.15. The Hall–Kier alpha value is -1.51.